The summed E-state index contributed by atoms with van der Waals surface area (Å²) in [4.78, 5) is 9.86. The number of aryl methyl sites for hydroxylation is 1. The minimum absolute atomic E-state index is 0.877. The Morgan fingerprint density at radius 1 is 1.00 bits per heavy atom. The number of rotatable bonds is 4. The van der Waals surface area contributed by atoms with E-state index >= 15 is 0 Å². The van der Waals surface area contributed by atoms with Crippen molar-refractivity contribution in [2.45, 2.75) is 52.4 Å². The van der Waals surface area contributed by atoms with Crippen molar-refractivity contribution in [3.8, 4) is 0 Å². The lowest BCUT2D eigenvalue weighted by Crippen LogP contribution is -2.33. The van der Waals surface area contributed by atoms with Crippen LogP contribution in [-0.4, -0.2) is 39.0 Å². The van der Waals surface area contributed by atoms with Crippen molar-refractivity contribution in [3.63, 3.8) is 0 Å². The Morgan fingerprint density at radius 3 is 2.65 bits per heavy atom. The number of aromatic nitrogens is 2. The predicted molar refractivity (Wildman–Crippen MR) is 88.9 cm³/mol. The molecule has 0 atom stereocenters. The molecule has 5 heteroatoms. The fourth-order valence-corrected chi connectivity index (χ4v) is 3.71. The first kappa shape index (κ1) is 15.0. The second kappa shape index (κ2) is 6.49. The van der Waals surface area contributed by atoms with Gasteiger partial charge in [-0.3, -0.25) is 9.80 Å². The van der Waals surface area contributed by atoms with Crippen LogP contribution in [0.2, 0.25) is 0 Å². The quantitative estimate of drug-likeness (QED) is 0.870. The molecule has 124 valence electrons. The molecule has 0 aromatic carbocycles. The monoisotopic (exact) mass is 314 g/mol. The van der Waals surface area contributed by atoms with Gasteiger partial charge in [0.1, 0.15) is 17.3 Å². The molecule has 2 aliphatic rings. The molecule has 2 aromatic rings. The maximum atomic E-state index is 5.70. The topological polar surface area (TPSA) is 37.4 Å². The summed E-state index contributed by atoms with van der Waals surface area (Å²) >= 11 is 0. The summed E-state index contributed by atoms with van der Waals surface area (Å²) in [5, 5.41) is 0. The van der Waals surface area contributed by atoms with Crippen molar-refractivity contribution >= 4 is 0 Å². The van der Waals surface area contributed by atoms with E-state index in [-0.39, 0.29) is 0 Å². The first-order valence-electron chi connectivity index (χ1n) is 8.81. The molecular formula is C18H26N4O. The standard InChI is InChI=1S/C18H26N4O/c1-15-5-6-17(23-15)13-21-9-10-22-12-16(19-18(22)14-21)11-20-7-3-2-4-8-20/h5-6,12H,2-4,7-11,13-14H2,1H3. The molecule has 1 fully saturated rings. The molecule has 4 rings (SSSR count). The van der Waals surface area contributed by atoms with Gasteiger partial charge in [0.25, 0.3) is 0 Å². The molecule has 5 nitrogen and oxygen atoms in total. The van der Waals surface area contributed by atoms with Gasteiger partial charge in [-0.25, -0.2) is 4.98 Å². The molecule has 0 radical (unpaired) electrons. The van der Waals surface area contributed by atoms with Gasteiger partial charge in [-0.05, 0) is 45.0 Å². The van der Waals surface area contributed by atoms with Crippen molar-refractivity contribution in [1.29, 1.82) is 0 Å². The van der Waals surface area contributed by atoms with E-state index in [4.69, 9.17) is 9.40 Å². The Hall–Kier alpha value is -1.59. The van der Waals surface area contributed by atoms with E-state index in [1.807, 2.05) is 13.0 Å². The van der Waals surface area contributed by atoms with Crippen LogP contribution in [0, 0.1) is 6.92 Å². The van der Waals surface area contributed by atoms with E-state index in [2.05, 4.69) is 26.6 Å². The third-order valence-electron chi connectivity index (χ3n) is 4.94. The molecule has 0 bridgehead atoms. The van der Waals surface area contributed by atoms with Crippen molar-refractivity contribution in [1.82, 2.24) is 19.4 Å². The summed E-state index contributed by atoms with van der Waals surface area (Å²) in [7, 11) is 0. The van der Waals surface area contributed by atoms with Crippen molar-refractivity contribution in [2.24, 2.45) is 0 Å². The van der Waals surface area contributed by atoms with Crippen LogP contribution in [0.25, 0.3) is 0 Å². The van der Waals surface area contributed by atoms with Gasteiger partial charge in [0.05, 0.1) is 18.8 Å². The van der Waals surface area contributed by atoms with Crippen LogP contribution >= 0.6 is 0 Å². The normalized spacial score (nSPS) is 19.9. The van der Waals surface area contributed by atoms with Gasteiger partial charge in [0.2, 0.25) is 0 Å². The number of hydrogen-bond acceptors (Lipinski definition) is 4. The number of piperidine rings is 1. The van der Waals surface area contributed by atoms with Gasteiger partial charge < -0.3 is 8.98 Å². The molecule has 2 aliphatic heterocycles. The van der Waals surface area contributed by atoms with Crippen LogP contribution in [0.3, 0.4) is 0 Å². The van der Waals surface area contributed by atoms with E-state index in [1.165, 1.54) is 43.9 Å². The van der Waals surface area contributed by atoms with E-state index in [0.717, 1.165) is 44.2 Å². The van der Waals surface area contributed by atoms with E-state index in [9.17, 15) is 0 Å². The Morgan fingerprint density at radius 2 is 1.87 bits per heavy atom. The first-order chi connectivity index (χ1) is 11.3. The van der Waals surface area contributed by atoms with E-state index in [0.29, 0.717) is 0 Å². The fraction of sp³-hybridized carbons (Fsp3) is 0.611. The lowest BCUT2D eigenvalue weighted by atomic mass is 10.1. The summed E-state index contributed by atoms with van der Waals surface area (Å²) in [6, 6.07) is 4.12. The van der Waals surface area contributed by atoms with Crippen LogP contribution in [-0.2, 0) is 26.2 Å². The van der Waals surface area contributed by atoms with Gasteiger partial charge in [0, 0.05) is 25.8 Å². The molecule has 2 aromatic heterocycles. The minimum Gasteiger partial charge on any atom is -0.465 e. The summed E-state index contributed by atoms with van der Waals surface area (Å²) < 4.78 is 8.04. The Labute approximate surface area is 137 Å². The molecule has 0 saturated carbocycles. The second-order valence-corrected chi connectivity index (χ2v) is 6.90. The summed E-state index contributed by atoms with van der Waals surface area (Å²) in [6.45, 7) is 9.35. The van der Waals surface area contributed by atoms with Crippen LogP contribution in [0.5, 0.6) is 0 Å². The number of nitrogens with zero attached hydrogens (tertiary/aromatic N) is 4. The summed E-state index contributed by atoms with van der Waals surface area (Å²) in [5.74, 6) is 3.24. The highest BCUT2D eigenvalue weighted by Gasteiger charge is 2.20. The number of furan rings is 1. The number of hydrogen-bond donors (Lipinski definition) is 0. The van der Waals surface area contributed by atoms with Gasteiger partial charge in [0.15, 0.2) is 0 Å². The number of fused-ring (bicyclic) bond motifs is 1. The molecule has 0 N–H and O–H groups in total. The lowest BCUT2D eigenvalue weighted by molar-refractivity contribution is 0.193. The van der Waals surface area contributed by atoms with Crippen molar-refractivity contribution in [2.75, 3.05) is 19.6 Å². The molecule has 0 aliphatic carbocycles. The summed E-state index contributed by atoms with van der Waals surface area (Å²) in [5.41, 5.74) is 1.23. The third kappa shape index (κ3) is 3.51. The molecule has 0 amide bonds. The molecule has 1 saturated heterocycles. The molecular weight excluding hydrogens is 288 g/mol. The zero-order chi connectivity index (χ0) is 15.6. The maximum absolute atomic E-state index is 5.70. The molecule has 0 spiro atoms. The Bertz CT molecular complexity index is 654. The average Bonchev–Trinajstić information content (AvgIpc) is 3.13. The largest absolute Gasteiger partial charge is 0.465 e. The van der Waals surface area contributed by atoms with Crippen LogP contribution in [0.15, 0.2) is 22.7 Å². The molecule has 0 unspecified atom stereocenters. The minimum atomic E-state index is 0.877. The van der Waals surface area contributed by atoms with Gasteiger partial charge in [-0.1, -0.05) is 6.42 Å². The SMILES string of the molecule is Cc1ccc(CN2CCn3cc(CN4CCCCC4)nc3C2)o1. The Balaban J connectivity index is 1.39. The van der Waals surface area contributed by atoms with Gasteiger partial charge >= 0.3 is 0 Å². The first-order valence-corrected chi connectivity index (χ1v) is 8.81. The average molecular weight is 314 g/mol. The molecule has 4 heterocycles. The zero-order valence-electron chi connectivity index (χ0n) is 14.0. The molecule has 23 heavy (non-hydrogen) atoms. The number of imidazole rings is 1. The van der Waals surface area contributed by atoms with Crippen LogP contribution in [0.1, 0.15) is 42.3 Å². The highest BCUT2D eigenvalue weighted by Crippen LogP contribution is 2.18. The highest BCUT2D eigenvalue weighted by molar-refractivity contribution is 5.09. The van der Waals surface area contributed by atoms with Gasteiger partial charge in [-0.2, -0.15) is 0 Å². The van der Waals surface area contributed by atoms with E-state index in [1.54, 1.807) is 0 Å². The maximum Gasteiger partial charge on any atom is 0.123 e. The smallest absolute Gasteiger partial charge is 0.123 e. The number of likely N-dealkylation sites (tertiary alicyclic amines) is 1. The second-order valence-electron chi connectivity index (χ2n) is 6.90. The predicted octanol–water partition coefficient (Wildman–Crippen LogP) is 2.79. The fourth-order valence-electron chi connectivity index (χ4n) is 3.71. The van der Waals surface area contributed by atoms with Gasteiger partial charge in [-0.15, -0.1) is 0 Å². The third-order valence-corrected chi connectivity index (χ3v) is 4.94. The van der Waals surface area contributed by atoms with E-state index < -0.39 is 0 Å². The zero-order valence-corrected chi connectivity index (χ0v) is 14.0. The van der Waals surface area contributed by atoms with Crippen molar-refractivity contribution < 1.29 is 4.42 Å². The van der Waals surface area contributed by atoms with Crippen molar-refractivity contribution in [3.05, 3.63) is 41.4 Å². The lowest BCUT2D eigenvalue weighted by Gasteiger charge is -2.26. The van der Waals surface area contributed by atoms with Crippen LogP contribution < -0.4 is 0 Å². The highest BCUT2D eigenvalue weighted by atomic mass is 16.3. The summed E-state index contributed by atoms with van der Waals surface area (Å²) in [6.07, 6.45) is 6.32. The Kier molecular flexibility index (Phi) is 4.23. The van der Waals surface area contributed by atoms with Crippen LogP contribution in [0.4, 0.5) is 0 Å².